The molecule has 1 unspecified atom stereocenters. The van der Waals surface area contributed by atoms with Crippen LogP contribution in [-0.2, 0) is 5.41 Å². The highest BCUT2D eigenvalue weighted by Gasteiger charge is 2.24. The number of nitrogens with zero attached hydrogens (tertiary/aromatic N) is 5. The second-order valence-corrected chi connectivity index (χ2v) is 8.34. The van der Waals surface area contributed by atoms with Crippen molar-refractivity contribution < 1.29 is 8.78 Å². The molecule has 2 aromatic heterocycles. The maximum absolute atomic E-state index is 13.5. The molecule has 148 valence electrons. The van der Waals surface area contributed by atoms with Gasteiger partial charge < -0.3 is 10.2 Å². The third kappa shape index (κ3) is 3.63. The van der Waals surface area contributed by atoms with Crippen molar-refractivity contribution in [2.24, 2.45) is 5.92 Å². The standard InChI is InChI=1S/C20H24F2N6/c1-20(2,3)19-25-24-18-7-6-17(26-28(18)19)23-11-13-8-9-27(12-13)14-4-5-15(21)16(22)10-14/h4-7,10,13H,8-9,11-12H2,1-3H3,(H,23,26). The molecule has 3 heterocycles. The number of rotatable bonds is 4. The van der Waals surface area contributed by atoms with Crippen LogP contribution in [-0.4, -0.2) is 39.4 Å². The van der Waals surface area contributed by atoms with Crippen LogP contribution in [0.15, 0.2) is 30.3 Å². The van der Waals surface area contributed by atoms with Crippen LogP contribution in [0.2, 0.25) is 0 Å². The van der Waals surface area contributed by atoms with Gasteiger partial charge in [0.1, 0.15) is 5.82 Å². The smallest absolute Gasteiger partial charge is 0.178 e. The number of halogens is 2. The van der Waals surface area contributed by atoms with E-state index < -0.39 is 11.6 Å². The van der Waals surface area contributed by atoms with Crippen molar-refractivity contribution in [1.82, 2.24) is 19.8 Å². The van der Waals surface area contributed by atoms with Gasteiger partial charge in [0.05, 0.1) is 0 Å². The molecule has 4 rings (SSSR count). The van der Waals surface area contributed by atoms with Crippen LogP contribution in [0, 0.1) is 17.6 Å². The number of hydrogen-bond acceptors (Lipinski definition) is 5. The average Bonchev–Trinajstić information content (AvgIpc) is 3.28. The lowest BCUT2D eigenvalue weighted by Crippen LogP contribution is -2.23. The third-order valence-corrected chi connectivity index (χ3v) is 5.06. The summed E-state index contributed by atoms with van der Waals surface area (Å²) in [5, 5.41) is 16.5. The minimum Gasteiger partial charge on any atom is -0.371 e. The Morgan fingerprint density at radius 3 is 2.68 bits per heavy atom. The summed E-state index contributed by atoms with van der Waals surface area (Å²) in [6.45, 7) is 8.61. The zero-order valence-corrected chi connectivity index (χ0v) is 16.3. The van der Waals surface area contributed by atoms with E-state index in [0.717, 1.165) is 49.0 Å². The summed E-state index contributed by atoms with van der Waals surface area (Å²) in [5.74, 6) is 0.362. The fourth-order valence-electron chi connectivity index (χ4n) is 3.52. The van der Waals surface area contributed by atoms with Gasteiger partial charge in [-0.1, -0.05) is 20.8 Å². The number of anilines is 2. The fraction of sp³-hybridized carbons (Fsp3) is 0.450. The Bertz CT molecular complexity index is 994. The number of hydrogen-bond donors (Lipinski definition) is 1. The topological polar surface area (TPSA) is 58.4 Å². The summed E-state index contributed by atoms with van der Waals surface area (Å²) in [6, 6.07) is 7.88. The predicted octanol–water partition coefficient (Wildman–Crippen LogP) is 3.64. The van der Waals surface area contributed by atoms with Crippen LogP contribution in [0.1, 0.15) is 33.0 Å². The molecule has 1 aliphatic rings. The fourth-order valence-corrected chi connectivity index (χ4v) is 3.52. The van der Waals surface area contributed by atoms with Crippen molar-refractivity contribution in [2.75, 3.05) is 29.9 Å². The van der Waals surface area contributed by atoms with Gasteiger partial charge in [0, 0.05) is 36.8 Å². The average molecular weight is 386 g/mol. The molecule has 1 aromatic carbocycles. The van der Waals surface area contributed by atoms with Crippen LogP contribution in [0.4, 0.5) is 20.3 Å². The van der Waals surface area contributed by atoms with Crippen LogP contribution < -0.4 is 10.2 Å². The SMILES string of the molecule is CC(C)(C)c1nnc2ccc(NCC3CCN(c4ccc(F)c(F)c4)C3)nn12. The van der Waals surface area contributed by atoms with Crippen LogP contribution >= 0.6 is 0 Å². The lowest BCUT2D eigenvalue weighted by atomic mass is 9.96. The lowest BCUT2D eigenvalue weighted by Gasteiger charge is -2.19. The van der Waals surface area contributed by atoms with Gasteiger partial charge >= 0.3 is 0 Å². The van der Waals surface area contributed by atoms with E-state index in [1.165, 1.54) is 12.1 Å². The molecule has 1 fully saturated rings. The highest BCUT2D eigenvalue weighted by Crippen LogP contribution is 2.26. The van der Waals surface area contributed by atoms with Crippen molar-refractivity contribution >= 4 is 17.2 Å². The second kappa shape index (κ2) is 7.00. The van der Waals surface area contributed by atoms with E-state index in [-0.39, 0.29) is 5.41 Å². The van der Waals surface area contributed by atoms with Gasteiger partial charge in [-0.3, -0.25) is 0 Å². The van der Waals surface area contributed by atoms with Gasteiger partial charge in [-0.25, -0.2) is 8.78 Å². The number of benzene rings is 1. The summed E-state index contributed by atoms with van der Waals surface area (Å²) >= 11 is 0. The van der Waals surface area contributed by atoms with Crippen molar-refractivity contribution in [2.45, 2.75) is 32.6 Å². The van der Waals surface area contributed by atoms with E-state index in [1.54, 1.807) is 10.6 Å². The molecule has 28 heavy (non-hydrogen) atoms. The molecule has 0 radical (unpaired) electrons. The zero-order valence-electron chi connectivity index (χ0n) is 16.3. The molecule has 0 spiro atoms. The zero-order chi connectivity index (χ0) is 19.9. The van der Waals surface area contributed by atoms with Crippen molar-refractivity contribution in [3.63, 3.8) is 0 Å². The van der Waals surface area contributed by atoms with Crippen molar-refractivity contribution in [1.29, 1.82) is 0 Å². The summed E-state index contributed by atoms with van der Waals surface area (Å²) < 4.78 is 28.4. The highest BCUT2D eigenvalue weighted by atomic mass is 19.2. The first kappa shape index (κ1) is 18.6. The first-order valence-corrected chi connectivity index (χ1v) is 9.48. The minimum absolute atomic E-state index is 0.151. The molecule has 0 aliphatic carbocycles. The molecular weight excluding hydrogens is 362 g/mol. The summed E-state index contributed by atoms with van der Waals surface area (Å²) in [6.07, 6.45) is 0.980. The highest BCUT2D eigenvalue weighted by molar-refractivity contribution is 5.48. The largest absolute Gasteiger partial charge is 0.371 e. The monoisotopic (exact) mass is 386 g/mol. The van der Waals surface area contributed by atoms with E-state index in [1.807, 2.05) is 12.1 Å². The Morgan fingerprint density at radius 2 is 1.93 bits per heavy atom. The van der Waals surface area contributed by atoms with Gasteiger partial charge in [0.15, 0.2) is 23.1 Å². The summed E-state index contributed by atoms with van der Waals surface area (Å²) in [7, 11) is 0. The molecule has 1 saturated heterocycles. The van der Waals surface area contributed by atoms with Crippen molar-refractivity contribution in [3.05, 3.63) is 47.8 Å². The van der Waals surface area contributed by atoms with Crippen LogP contribution in [0.25, 0.3) is 5.65 Å². The molecule has 0 amide bonds. The molecule has 3 aromatic rings. The van der Waals surface area contributed by atoms with Gasteiger partial charge in [0.25, 0.3) is 0 Å². The predicted molar refractivity (Wildman–Crippen MR) is 105 cm³/mol. The Morgan fingerprint density at radius 1 is 1.11 bits per heavy atom. The van der Waals surface area contributed by atoms with Crippen LogP contribution in [0.5, 0.6) is 0 Å². The van der Waals surface area contributed by atoms with Crippen LogP contribution in [0.3, 0.4) is 0 Å². The van der Waals surface area contributed by atoms with E-state index in [0.29, 0.717) is 5.92 Å². The Hall–Kier alpha value is -2.77. The summed E-state index contributed by atoms with van der Waals surface area (Å²) in [4.78, 5) is 2.09. The van der Waals surface area contributed by atoms with Gasteiger partial charge in [-0.2, -0.15) is 4.52 Å². The first-order valence-electron chi connectivity index (χ1n) is 9.48. The van der Waals surface area contributed by atoms with Gasteiger partial charge in [-0.05, 0) is 36.6 Å². The molecule has 8 heteroatoms. The molecule has 1 atom stereocenters. The number of fused-ring (bicyclic) bond motifs is 1. The number of nitrogens with one attached hydrogen (secondary N) is 1. The lowest BCUT2D eigenvalue weighted by molar-refractivity contribution is 0.508. The van der Waals surface area contributed by atoms with E-state index in [9.17, 15) is 8.78 Å². The molecule has 1 N–H and O–H groups in total. The Labute approximate surface area is 162 Å². The van der Waals surface area contributed by atoms with Gasteiger partial charge in [-0.15, -0.1) is 15.3 Å². The number of aromatic nitrogens is 4. The minimum atomic E-state index is -0.814. The van der Waals surface area contributed by atoms with E-state index >= 15 is 0 Å². The van der Waals surface area contributed by atoms with Gasteiger partial charge in [0.2, 0.25) is 0 Å². The molecule has 0 bridgehead atoms. The van der Waals surface area contributed by atoms with Crippen molar-refractivity contribution in [3.8, 4) is 0 Å². The molecular formula is C20H24F2N6. The maximum Gasteiger partial charge on any atom is 0.178 e. The summed E-state index contributed by atoms with van der Waals surface area (Å²) in [5.41, 5.74) is 1.29. The second-order valence-electron chi connectivity index (χ2n) is 8.34. The maximum atomic E-state index is 13.5. The van der Waals surface area contributed by atoms with E-state index in [2.05, 4.69) is 46.3 Å². The molecule has 1 aliphatic heterocycles. The van der Waals surface area contributed by atoms with E-state index in [4.69, 9.17) is 0 Å². The third-order valence-electron chi connectivity index (χ3n) is 5.06. The normalized spacial score (nSPS) is 17.5. The molecule has 0 saturated carbocycles. The Kier molecular flexibility index (Phi) is 4.64. The molecule has 6 nitrogen and oxygen atoms in total. The first-order chi connectivity index (χ1) is 13.3. The quantitative estimate of drug-likeness (QED) is 0.742. The Balaban J connectivity index is 1.41.